The third kappa shape index (κ3) is 36.4. The van der Waals surface area contributed by atoms with Crippen LogP contribution in [-0.4, -0.2) is 75.5 Å². The van der Waals surface area contributed by atoms with E-state index >= 15 is 0 Å². The van der Waals surface area contributed by atoms with Crippen LogP contribution in [0.3, 0.4) is 0 Å². The first kappa shape index (κ1) is 52.0. The molecular weight excluding hydrogens is 691 g/mol. The molecule has 8 nitrogen and oxygen atoms in total. The van der Waals surface area contributed by atoms with Gasteiger partial charge in [0.2, 0.25) is 0 Å². The van der Waals surface area contributed by atoms with Gasteiger partial charge in [-0.05, 0) is 77.0 Å². The summed E-state index contributed by atoms with van der Waals surface area (Å²) in [5, 5.41) is 11.6. The van der Waals surface area contributed by atoms with Gasteiger partial charge in [0.05, 0.1) is 40.3 Å². The number of rotatable bonds is 38. The summed E-state index contributed by atoms with van der Waals surface area (Å²) in [7, 11) is 5.39. The third-order valence-corrected chi connectivity index (χ3v) is 9.39. The minimum atomic E-state index is -1.13. The van der Waals surface area contributed by atoms with Crippen molar-refractivity contribution in [1.82, 2.24) is 0 Å². The van der Waals surface area contributed by atoms with E-state index in [4.69, 9.17) is 14.2 Å². The van der Waals surface area contributed by atoms with Gasteiger partial charge in [-0.1, -0.05) is 132 Å². The molecule has 0 N–H and O–H groups in total. The van der Waals surface area contributed by atoms with Gasteiger partial charge < -0.3 is 28.6 Å². The number of aliphatic carboxylic acids is 1. The fourth-order valence-electron chi connectivity index (χ4n) is 6.00. The largest absolute Gasteiger partial charge is 0.544 e. The van der Waals surface area contributed by atoms with E-state index in [9.17, 15) is 19.5 Å². The van der Waals surface area contributed by atoms with E-state index in [0.29, 0.717) is 12.8 Å². The zero-order valence-electron chi connectivity index (χ0n) is 35.8. The number of allylic oxidation sites excluding steroid dienone is 10. The predicted octanol–water partition coefficient (Wildman–Crippen LogP) is 10.5. The Hall–Kier alpha value is -2.97. The zero-order chi connectivity index (χ0) is 40.7. The second-order valence-corrected chi connectivity index (χ2v) is 15.5. The highest BCUT2D eigenvalue weighted by Crippen LogP contribution is 2.13. The number of likely N-dealkylation sites (N-methyl/N-ethyl adjacent to an activating group) is 1. The van der Waals surface area contributed by atoms with Gasteiger partial charge >= 0.3 is 11.9 Å². The number of carboxylic acid groups (broad SMARTS) is 1. The number of carbonyl (C=O) groups is 3. The normalized spacial score (nSPS) is 13.5. The number of quaternary nitrogens is 1. The maximum absolute atomic E-state index is 12.7. The summed E-state index contributed by atoms with van der Waals surface area (Å²) in [5.41, 5.74) is 0. The number of carbonyl (C=O) groups excluding carboxylic acids is 3. The van der Waals surface area contributed by atoms with Crippen molar-refractivity contribution in [1.29, 1.82) is 0 Å². The zero-order valence-corrected chi connectivity index (χ0v) is 35.8. The molecule has 0 aliphatic rings. The Morgan fingerprint density at radius 2 is 1.02 bits per heavy atom. The van der Waals surface area contributed by atoms with Crippen LogP contribution in [0.15, 0.2) is 60.8 Å². The van der Waals surface area contributed by atoms with E-state index in [1.165, 1.54) is 64.2 Å². The lowest BCUT2D eigenvalue weighted by Crippen LogP contribution is -2.55. The highest BCUT2D eigenvalue weighted by molar-refractivity contribution is 5.70. The predicted molar refractivity (Wildman–Crippen MR) is 226 cm³/mol. The van der Waals surface area contributed by atoms with Crippen LogP contribution in [0.4, 0.5) is 0 Å². The first-order chi connectivity index (χ1) is 26.6. The molecule has 2 atom stereocenters. The fraction of sp³-hybridized carbons (Fsp3) is 0.723. The van der Waals surface area contributed by atoms with Gasteiger partial charge in [0, 0.05) is 19.3 Å². The molecule has 0 aromatic heterocycles. The van der Waals surface area contributed by atoms with Gasteiger partial charge in [-0.25, -0.2) is 0 Å². The maximum Gasteiger partial charge on any atom is 0.306 e. The number of hydrogen-bond donors (Lipinski definition) is 0. The molecule has 0 saturated carbocycles. The first-order valence-corrected chi connectivity index (χ1v) is 21.8. The Morgan fingerprint density at radius 3 is 1.55 bits per heavy atom. The molecule has 55 heavy (non-hydrogen) atoms. The van der Waals surface area contributed by atoms with Gasteiger partial charge in [-0.2, -0.15) is 0 Å². The summed E-state index contributed by atoms with van der Waals surface area (Å²) in [6, 6.07) is -0.733. The lowest BCUT2D eigenvalue weighted by atomic mass is 10.1. The van der Waals surface area contributed by atoms with Gasteiger partial charge in [0.1, 0.15) is 12.6 Å². The summed E-state index contributed by atoms with van der Waals surface area (Å²) in [5.74, 6) is -1.79. The molecular formula is C47H81NO7. The number of esters is 2. The molecule has 0 aromatic rings. The molecule has 2 unspecified atom stereocenters. The van der Waals surface area contributed by atoms with Crippen LogP contribution in [0.25, 0.3) is 0 Å². The summed E-state index contributed by atoms with van der Waals surface area (Å²) < 4.78 is 17.1. The molecule has 0 aromatic carbocycles. The quantitative estimate of drug-likeness (QED) is 0.0266. The second kappa shape index (κ2) is 37.9. The van der Waals surface area contributed by atoms with Gasteiger partial charge in [0.25, 0.3) is 0 Å². The Kier molecular flexibility index (Phi) is 35.9. The van der Waals surface area contributed by atoms with E-state index in [0.717, 1.165) is 70.6 Å². The summed E-state index contributed by atoms with van der Waals surface area (Å²) in [4.78, 5) is 36.8. The molecule has 0 rings (SSSR count). The van der Waals surface area contributed by atoms with E-state index < -0.39 is 18.1 Å². The van der Waals surface area contributed by atoms with Crippen LogP contribution in [-0.2, 0) is 28.6 Å². The van der Waals surface area contributed by atoms with E-state index in [-0.39, 0.29) is 42.7 Å². The molecule has 0 bridgehead atoms. The minimum absolute atomic E-state index is 0.0266. The van der Waals surface area contributed by atoms with Crippen LogP contribution in [0, 0.1) is 0 Å². The van der Waals surface area contributed by atoms with Crippen molar-refractivity contribution in [3.05, 3.63) is 60.8 Å². The van der Waals surface area contributed by atoms with Crippen molar-refractivity contribution in [2.75, 3.05) is 41.0 Å². The average Bonchev–Trinajstić information content (AvgIpc) is 3.14. The van der Waals surface area contributed by atoms with Gasteiger partial charge in [-0.3, -0.25) is 9.59 Å². The molecule has 0 saturated heterocycles. The van der Waals surface area contributed by atoms with E-state index in [2.05, 4.69) is 74.6 Å². The van der Waals surface area contributed by atoms with Crippen LogP contribution >= 0.6 is 0 Å². The minimum Gasteiger partial charge on any atom is -0.544 e. The second-order valence-electron chi connectivity index (χ2n) is 15.5. The Bertz CT molecular complexity index is 1090. The Morgan fingerprint density at radius 1 is 0.564 bits per heavy atom. The summed E-state index contributed by atoms with van der Waals surface area (Å²) in [6.45, 7) is 4.49. The van der Waals surface area contributed by atoms with Crippen LogP contribution < -0.4 is 5.11 Å². The van der Waals surface area contributed by atoms with Crippen LogP contribution in [0.5, 0.6) is 0 Å². The number of nitrogens with zero attached hydrogens (tertiary/aromatic N) is 1. The van der Waals surface area contributed by atoms with Gasteiger partial charge in [-0.15, -0.1) is 0 Å². The number of hydrogen-bond acceptors (Lipinski definition) is 7. The Balaban J connectivity index is 4.42. The summed E-state index contributed by atoms with van der Waals surface area (Å²) in [6.07, 6.45) is 45.3. The van der Waals surface area contributed by atoms with Crippen molar-refractivity contribution in [3.8, 4) is 0 Å². The maximum atomic E-state index is 12.7. The van der Waals surface area contributed by atoms with Crippen LogP contribution in [0.1, 0.15) is 168 Å². The molecule has 0 fully saturated rings. The standard InChI is InChI=1S/C47H81NO7/c1-6-8-10-12-14-16-18-20-22-24-25-27-29-31-33-35-37-45(49)54-42-43(41-53-40-39-44(47(51)52)48(3,4)5)55-46(50)38-36-34-32-30-28-26-23-21-19-17-15-13-11-9-7-2/h8,10,14,16-17,19-20,22,25,27,43-44H,6-7,9,11-13,15,18,21,23-24,26,28-42H2,1-5H3/b10-8+,16-14+,19-17+,22-20+,27-25+. The number of carboxylic acids is 1. The lowest BCUT2D eigenvalue weighted by Gasteiger charge is -2.34. The Labute approximate surface area is 337 Å². The van der Waals surface area contributed by atoms with Crippen molar-refractivity contribution in [3.63, 3.8) is 0 Å². The third-order valence-electron chi connectivity index (χ3n) is 9.39. The van der Waals surface area contributed by atoms with Crippen molar-refractivity contribution < 1.29 is 38.2 Å². The fourth-order valence-corrected chi connectivity index (χ4v) is 6.00. The van der Waals surface area contributed by atoms with Crippen molar-refractivity contribution >= 4 is 17.9 Å². The van der Waals surface area contributed by atoms with E-state index in [1.807, 2.05) is 0 Å². The number of ether oxygens (including phenoxy) is 3. The highest BCUT2D eigenvalue weighted by atomic mass is 16.6. The molecule has 0 aliphatic carbocycles. The van der Waals surface area contributed by atoms with Crippen molar-refractivity contribution in [2.45, 2.75) is 180 Å². The van der Waals surface area contributed by atoms with Crippen LogP contribution in [0.2, 0.25) is 0 Å². The first-order valence-electron chi connectivity index (χ1n) is 21.8. The SMILES string of the molecule is CC/C=C/C/C=C/C/C=C/C/C=C/CCCCCC(=O)OCC(COCCC(C(=O)[O-])[N+](C)(C)C)OC(=O)CCCCCCCCC/C=C/CCCCCC. The molecule has 0 radical (unpaired) electrons. The van der Waals surface area contributed by atoms with E-state index in [1.54, 1.807) is 21.1 Å². The highest BCUT2D eigenvalue weighted by Gasteiger charge is 2.25. The molecule has 316 valence electrons. The topological polar surface area (TPSA) is 102 Å². The number of unbranched alkanes of at least 4 members (excludes halogenated alkanes) is 14. The lowest BCUT2D eigenvalue weighted by molar-refractivity contribution is -0.889. The smallest absolute Gasteiger partial charge is 0.306 e. The van der Waals surface area contributed by atoms with Crippen molar-refractivity contribution in [2.24, 2.45) is 0 Å². The average molecular weight is 772 g/mol. The molecule has 0 aliphatic heterocycles. The molecule has 0 amide bonds. The van der Waals surface area contributed by atoms with Gasteiger partial charge in [0.15, 0.2) is 6.10 Å². The summed E-state index contributed by atoms with van der Waals surface area (Å²) >= 11 is 0. The monoisotopic (exact) mass is 772 g/mol. The molecule has 0 heterocycles. The molecule has 8 heteroatoms. The molecule has 0 spiro atoms.